The van der Waals surface area contributed by atoms with Crippen molar-refractivity contribution in [3.63, 3.8) is 0 Å². The van der Waals surface area contributed by atoms with Crippen LogP contribution in [0.15, 0.2) is 42.5 Å². The zero-order valence-electron chi connectivity index (χ0n) is 9.90. The van der Waals surface area contributed by atoms with Crippen LogP contribution in [0.1, 0.15) is 21.7 Å². The predicted molar refractivity (Wildman–Crippen MR) is 68.1 cm³/mol. The number of benzene rings is 1. The molecule has 3 nitrogen and oxygen atoms in total. The summed E-state index contributed by atoms with van der Waals surface area (Å²) in [4.78, 5) is 16.1. The summed E-state index contributed by atoms with van der Waals surface area (Å²) < 4.78 is 0. The van der Waals surface area contributed by atoms with Crippen molar-refractivity contribution in [2.75, 3.05) is 5.32 Å². The molecule has 0 fully saturated rings. The summed E-state index contributed by atoms with van der Waals surface area (Å²) in [5, 5.41) is 2.82. The fourth-order valence-corrected chi connectivity index (χ4v) is 1.59. The maximum absolute atomic E-state index is 11.9. The molecule has 1 aromatic heterocycles. The minimum absolute atomic E-state index is 0.181. The van der Waals surface area contributed by atoms with Gasteiger partial charge >= 0.3 is 0 Å². The SMILES string of the molecule is Cc1cccc(NC(=O)c2cccc(C)n2)c1. The second-order valence-electron chi connectivity index (χ2n) is 3.99. The molecule has 3 heteroatoms. The highest BCUT2D eigenvalue weighted by molar-refractivity contribution is 6.02. The van der Waals surface area contributed by atoms with Crippen LogP contribution in [-0.4, -0.2) is 10.9 Å². The summed E-state index contributed by atoms with van der Waals surface area (Å²) in [5.74, 6) is -0.181. The van der Waals surface area contributed by atoms with Gasteiger partial charge in [-0.3, -0.25) is 4.79 Å². The van der Waals surface area contributed by atoms with E-state index in [1.54, 1.807) is 6.07 Å². The smallest absolute Gasteiger partial charge is 0.274 e. The Balaban J connectivity index is 2.17. The molecule has 0 aliphatic rings. The highest BCUT2D eigenvalue weighted by atomic mass is 16.1. The molecule has 2 aromatic rings. The largest absolute Gasteiger partial charge is 0.321 e. The number of aryl methyl sites for hydroxylation is 2. The monoisotopic (exact) mass is 226 g/mol. The minimum Gasteiger partial charge on any atom is -0.321 e. The molecule has 0 saturated carbocycles. The lowest BCUT2D eigenvalue weighted by Crippen LogP contribution is -2.13. The van der Waals surface area contributed by atoms with Crippen LogP contribution in [0.5, 0.6) is 0 Å². The number of nitrogens with one attached hydrogen (secondary N) is 1. The number of rotatable bonds is 2. The molecule has 86 valence electrons. The van der Waals surface area contributed by atoms with Gasteiger partial charge in [-0.2, -0.15) is 0 Å². The topological polar surface area (TPSA) is 42.0 Å². The van der Waals surface area contributed by atoms with Gasteiger partial charge in [-0.1, -0.05) is 18.2 Å². The van der Waals surface area contributed by atoms with Crippen molar-refractivity contribution in [3.05, 3.63) is 59.4 Å². The van der Waals surface area contributed by atoms with Crippen molar-refractivity contribution in [1.29, 1.82) is 0 Å². The number of aromatic nitrogens is 1. The number of amides is 1. The van der Waals surface area contributed by atoms with E-state index in [1.165, 1.54) is 0 Å². The Hall–Kier alpha value is -2.16. The van der Waals surface area contributed by atoms with Crippen LogP contribution in [0.2, 0.25) is 0 Å². The van der Waals surface area contributed by atoms with E-state index < -0.39 is 0 Å². The second-order valence-corrected chi connectivity index (χ2v) is 3.99. The Kier molecular flexibility index (Phi) is 3.19. The van der Waals surface area contributed by atoms with Crippen LogP contribution in [0.25, 0.3) is 0 Å². The van der Waals surface area contributed by atoms with E-state index in [2.05, 4.69) is 10.3 Å². The first-order valence-electron chi connectivity index (χ1n) is 5.47. The quantitative estimate of drug-likeness (QED) is 0.855. The maximum atomic E-state index is 11.9. The standard InChI is InChI=1S/C14H14N2O/c1-10-5-3-7-12(9-10)16-14(17)13-8-4-6-11(2)15-13/h3-9H,1-2H3,(H,16,17). The van der Waals surface area contributed by atoms with E-state index in [-0.39, 0.29) is 5.91 Å². The highest BCUT2D eigenvalue weighted by Gasteiger charge is 2.07. The van der Waals surface area contributed by atoms with Gasteiger partial charge in [-0.05, 0) is 43.7 Å². The molecule has 0 atom stereocenters. The van der Waals surface area contributed by atoms with E-state index in [1.807, 2.05) is 50.2 Å². The molecule has 0 unspecified atom stereocenters. The Morgan fingerprint density at radius 3 is 2.59 bits per heavy atom. The number of anilines is 1. The third kappa shape index (κ3) is 2.91. The van der Waals surface area contributed by atoms with Gasteiger partial charge in [0, 0.05) is 11.4 Å². The molecule has 0 aliphatic heterocycles. The lowest BCUT2D eigenvalue weighted by atomic mass is 10.2. The van der Waals surface area contributed by atoms with Crippen molar-refractivity contribution in [2.45, 2.75) is 13.8 Å². The van der Waals surface area contributed by atoms with E-state index in [9.17, 15) is 4.79 Å². The van der Waals surface area contributed by atoms with Gasteiger partial charge in [0.1, 0.15) is 5.69 Å². The molecule has 1 aromatic carbocycles. The molecule has 1 amide bonds. The molecule has 1 heterocycles. The summed E-state index contributed by atoms with van der Waals surface area (Å²) in [5.41, 5.74) is 3.17. The molecule has 2 rings (SSSR count). The summed E-state index contributed by atoms with van der Waals surface area (Å²) in [7, 11) is 0. The fraction of sp³-hybridized carbons (Fsp3) is 0.143. The van der Waals surface area contributed by atoms with E-state index >= 15 is 0 Å². The average molecular weight is 226 g/mol. The maximum Gasteiger partial charge on any atom is 0.274 e. The second kappa shape index (κ2) is 4.78. The van der Waals surface area contributed by atoms with Crippen LogP contribution in [0.4, 0.5) is 5.69 Å². The highest BCUT2D eigenvalue weighted by Crippen LogP contribution is 2.11. The van der Waals surface area contributed by atoms with Gasteiger partial charge in [0.2, 0.25) is 0 Å². The number of carbonyl (C=O) groups excluding carboxylic acids is 1. The number of nitrogens with zero attached hydrogens (tertiary/aromatic N) is 1. The lowest BCUT2D eigenvalue weighted by Gasteiger charge is -2.05. The van der Waals surface area contributed by atoms with E-state index in [0.717, 1.165) is 16.9 Å². The molecule has 0 aliphatic carbocycles. The molecular weight excluding hydrogens is 212 g/mol. The summed E-state index contributed by atoms with van der Waals surface area (Å²) in [6.07, 6.45) is 0. The van der Waals surface area contributed by atoms with Gasteiger partial charge in [-0.15, -0.1) is 0 Å². The number of pyridine rings is 1. The lowest BCUT2D eigenvalue weighted by molar-refractivity contribution is 0.102. The van der Waals surface area contributed by atoms with Crippen LogP contribution in [-0.2, 0) is 0 Å². The van der Waals surface area contributed by atoms with Gasteiger partial charge < -0.3 is 5.32 Å². The Labute approximate surface area is 101 Å². The Bertz CT molecular complexity index is 549. The van der Waals surface area contributed by atoms with Gasteiger partial charge in [0.25, 0.3) is 5.91 Å². The van der Waals surface area contributed by atoms with Crippen LogP contribution in [0, 0.1) is 13.8 Å². The van der Waals surface area contributed by atoms with Gasteiger partial charge in [0.05, 0.1) is 0 Å². The molecule has 1 N–H and O–H groups in total. The van der Waals surface area contributed by atoms with Crippen molar-refractivity contribution in [3.8, 4) is 0 Å². The average Bonchev–Trinajstić information content (AvgIpc) is 2.29. The molecule has 0 bridgehead atoms. The van der Waals surface area contributed by atoms with Crippen molar-refractivity contribution >= 4 is 11.6 Å². The van der Waals surface area contributed by atoms with E-state index in [0.29, 0.717) is 5.69 Å². The molecule has 0 saturated heterocycles. The van der Waals surface area contributed by atoms with Gasteiger partial charge in [-0.25, -0.2) is 4.98 Å². The zero-order valence-corrected chi connectivity index (χ0v) is 9.90. The number of hydrogen-bond donors (Lipinski definition) is 1. The normalized spacial score (nSPS) is 10.0. The third-order valence-electron chi connectivity index (χ3n) is 2.40. The molecule has 17 heavy (non-hydrogen) atoms. The third-order valence-corrected chi connectivity index (χ3v) is 2.40. The molecule has 0 radical (unpaired) electrons. The summed E-state index contributed by atoms with van der Waals surface area (Å²) in [6.45, 7) is 3.85. The van der Waals surface area contributed by atoms with Crippen LogP contribution in [0.3, 0.4) is 0 Å². The predicted octanol–water partition coefficient (Wildman–Crippen LogP) is 2.95. The summed E-state index contributed by atoms with van der Waals surface area (Å²) >= 11 is 0. The van der Waals surface area contributed by atoms with Crippen molar-refractivity contribution < 1.29 is 4.79 Å². The molecule has 0 spiro atoms. The Morgan fingerprint density at radius 2 is 1.88 bits per heavy atom. The minimum atomic E-state index is -0.181. The Morgan fingerprint density at radius 1 is 1.12 bits per heavy atom. The van der Waals surface area contributed by atoms with Gasteiger partial charge in [0.15, 0.2) is 0 Å². The first-order chi connectivity index (χ1) is 8.15. The first kappa shape index (κ1) is 11.3. The first-order valence-corrected chi connectivity index (χ1v) is 5.47. The zero-order chi connectivity index (χ0) is 12.3. The van der Waals surface area contributed by atoms with Crippen molar-refractivity contribution in [2.24, 2.45) is 0 Å². The van der Waals surface area contributed by atoms with Crippen LogP contribution < -0.4 is 5.32 Å². The van der Waals surface area contributed by atoms with Crippen molar-refractivity contribution in [1.82, 2.24) is 4.98 Å². The summed E-state index contributed by atoms with van der Waals surface area (Å²) in [6, 6.07) is 13.1. The molecular formula is C14H14N2O. The van der Waals surface area contributed by atoms with E-state index in [4.69, 9.17) is 0 Å². The van der Waals surface area contributed by atoms with Crippen LogP contribution >= 0.6 is 0 Å². The number of hydrogen-bond acceptors (Lipinski definition) is 2. The number of carbonyl (C=O) groups is 1. The fourth-order valence-electron chi connectivity index (χ4n) is 1.59.